The van der Waals surface area contributed by atoms with Gasteiger partial charge in [-0.15, -0.1) is 12.4 Å². The monoisotopic (exact) mass is 571 g/mol. The second-order valence-electron chi connectivity index (χ2n) is 10.1. The molecule has 210 valence electrons. The van der Waals surface area contributed by atoms with Crippen LogP contribution >= 0.6 is 24.2 Å². The molecule has 2 aliphatic heterocycles. The van der Waals surface area contributed by atoms with Crippen LogP contribution in [-0.4, -0.2) is 68.2 Å². The Bertz CT molecular complexity index is 1060. The summed E-state index contributed by atoms with van der Waals surface area (Å²) in [4.78, 5) is 20.5. The van der Waals surface area contributed by atoms with Crippen LogP contribution in [0.5, 0.6) is 0 Å². The maximum absolute atomic E-state index is 13.4. The molecule has 0 spiro atoms. The van der Waals surface area contributed by atoms with Crippen molar-refractivity contribution in [2.45, 2.75) is 49.1 Å². The molecular formula is C28H37ClF3N3O2S. The number of hydrogen-bond donors (Lipinski definition) is 0. The molecule has 1 fully saturated rings. The van der Waals surface area contributed by atoms with E-state index in [2.05, 4.69) is 23.6 Å². The lowest BCUT2D eigenvalue weighted by Crippen LogP contribution is -2.47. The summed E-state index contributed by atoms with van der Waals surface area (Å²) in [6.07, 6.45) is -2.18. The minimum absolute atomic E-state index is 0. The highest BCUT2D eigenvalue weighted by molar-refractivity contribution is 7.99. The molecule has 2 heterocycles. The highest BCUT2D eigenvalue weighted by atomic mass is 35.5. The van der Waals surface area contributed by atoms with Crippen molar-refractivity contribution in [3.63, 3.8) is 0 Å². The van der Waals surface area contributed by atoms with Crippen LogP contribution in [0.1, 0.15) is 38.7 Å². The zero-order valence-corrected chi connectivity index (χ0v) is 23.6. The minimum atomic E-state index is -4.37. The van der Waals surface area contributed by atoms with Crippen molar-refractivity contribution in [1.82, 2.24) is 9.80 Å². The number of nitrogens with zero attached hydrogens (tertiary/aromatic N) is 3. The number of ether oxygens (including phenoxy) is 1. The molecule has 0 amide bonds. The van der Waals surface area contributed by atoms with Crippen molar-refractivity contribution in [3.8, 4) is 0 Å². The number of benzene rings is 2. The van der Waals surface area contributed by atoms with Crippen molar-refractivity contribution in [1.29, 1.82) is 0 Å². The first kappa shape index (κ1) is 30.6. The molecule has 5 nitrogen and oxygen atoms in total. The van der Waals surface area contributed by atoms with Crippen molar-refractivity contribution in [3.05, 3.63) is 48.0 Å². The van der Waals surface area contributed by atoms with Crippen molar-refractivity contribution in [2.24, 2.45) is 5.92 Å². The smallest absolute Gasteiger partial charge is 0.416 e. The fraction of sp³-hybridized carbons (Fsp3) is 0.536. The molecule has 0 aromatic heterocycles. The Hall–Kier alpha value is -1.94. The van der Waals surface area contributed by atoms with Crippen LogP contribution in [0.3, 0.4) is 0 Å². The number of rotatable bonds is 10. The van der Waals surface area contributed by atoms with Crippen LogP contribution in [0.2, 0.25) is 0 Å². The summed E-state index contributed by atoms with van der Waals surface area (Å²) in [5, 5.41) is 0. The zero-order chi connectivity index (χ0) is 26.4. The molecule has 2 aromatic rings. The van der Waals surface area contributed by atoms with Gasteiger partial charge in [-0.3, -0.25) is 9.69 Å². The number of hydrogen-bond acceptors (Lipinski definition) is 6. The third-order valence-electron chi connectivity index (χ3n) is 6.87. The van der Waals surface area contributed by atoms with E-state index < -0.39 is 11.7 Å². The molecule has 4 rings (SSSR count). The van der Waals surface area contributed by atoms with Gasteiger partial charge in [-0.25, -0.2) is 0 Å². The Kier molecular flexibility index (Phi) is 11.2. The lowest BCUT2D eigenvalue weighted by molar-refractivity contribution is -0.144. The quantitative estimate of drug-likeness (QED) is 0.295. The summed E-state index contributed by atoms with van der Waals surface area (Å²) in [7, 11) is 0. The minimum Gasteiger partial charge on any atom is -0.464 e. The summed E-state index contributed by atoms with van der Waals surface area (Å²) in [6, 6.07) is 12.0. The Labute approximate surface area is 234 Å². The third kappa shape index (κ3) is 8.28. The topological polar surface area (TPSA) is 36.0 Å². The largest absolute Gasteiger partial charge is 0.464 e. The van der Waals surface area contributed by atoms with Crippen LogP contribution in [0.4, 0.5) is 24.5 Å². The van der Waals surface area contributed by atoms with E-state index in [4.69, 9.17) is 4.74 Å². The summed E-state index contributed by atoms with van der Waals surface area (Å²) in [5.74, 6) is 0.380. The normalized spacial score (nSPS) is 16.1. The van der Waals surface area contributed by atoms with Gasteiger partial charge in [0.2, 0.25) is 0 Å². The molecule has 10 heteroatoms. The van der Waals surface area contributed by atoms with Crippen molar-refractivity contribution in [2.75, 3.05) is 57.3 Å². The molecule has 0 bridgehead atoms. The number of esters is 1. The molecule has 0 radical (unpaired) electrons. The number of fused-ring (bicyclic) bond motifs is 2. The Balaban J connectivity index is 0.00000400. The number of anilines is 2. The number of alkyl halides is 3. The standard InChI is InChI=1S/C28H36F3N3O2S.ClH/c1-21(2)8-11-27(35)36-19-18-33-16-14-32(15-17-33)12-5-13-34-23-6-3-4-7-25(23)37-26-10-9-22(20-24(26)34)28(29,30)31;/h3-4,6-7,9-10,20-21H,5,8,11-19H2,1-2H3;1H. The predicted molar refractivity (Wildman–Crippen MR) is 149 cm³/mol. The molecule has 0 atom stereocenters. The second kappa shape index (κ2) is 13.9. The van der Waals surface area contributed by atoms with Crippen LogP contribution in [0.15, 0.2) is 52.3 Å². The maximum Gasteiger partial charge on any atom is 0.416 e. The van der Waals surface area contributed by atoms with Gasteiger partial charge in [-0.05, 0) is 55.6 Å². The number of para-hydroxylation sites is 1. The maximum atomic E-state index is 13.4. The Morgan fingerprint density at radius 1 is 0.947 bits per heavy atom. The van der Waals surface area contributed by atoms with Gasteiger partial charge >= 0.3 is 12.1 Å². The predicted octanol–water partition coefficient (Wildman–Crippen LogP) is 6.72. The van der Waals surface area contributed by atoms with E-state index in [-0.39, 0.29) is 18.4 Å². The fourth-order valence-electron chi connectivity index (χ4n) is 4.70. The zero-order valence-electron chi connectivity index (χ0n) is 22.0. The average Bonchev–Trinajstić information content (AvgIpc) is 2.87. The third-order valence-corrected chi connectivity index (χ3v) is 8.00. The van der Waals surface area contributed by atoms with Gasteiger partial charge in [0.25, 0.3) is 0 Å². The summed E-state index contributed by atoms with van der Waals surface area (Å²) in [5.41, 5.74) is 0.983. The highest BCUT2D eigenvalue weighted by Gasteiger charge is 2.33. The van der Waals surface area contributed by atoms with Crippen molar-refractivity contribution < 1.29 is 22.7 Å². The summed E-state index contributed by atoms with van der Waals surface area (Å²) in [6.45, 7) is 10.6. The van der Waals surface area contributed by atoms with Crippen LogP contribution in [-0.2, 0) is 15.7 Å². The van der Waals surface area contributed by atoms with E-state index >= 15 is 0 Å². The van der Waals surface area contributed by atoms with Gasteiger partial charge in [-0.1, -0.05) is 37.7 Å². The molecule has 2 aliphatic rings. The second-order valence-corrected chi connectivity index (χ2v) is 11.2. The number of carbonyl (C=O) groups is 1. The SMILES string of the molecule is CC(C)CCC(=O)OCCN1CCN(CCCN2c3ccccc3Sc3ccc(C(F)(F)F)cc32)CC1.Cl. The van der Waals surface area contributed by atoms with Gasteiger partial charge in [0.15, 0.2) is 0 Å². The van der Waals surface area contributed by atoms with E-state index in [1.165, 1.54) is 23.9 Å². The first-order valence-corrected chi connectivity index (χ1v) is 13.9. The van der Waals surface area contributed by atoms with E-state index in [0.29, 0.717) is 31.2 Å². The van der Waals surface area contributed by atoms with Crippen LogP contribution in [0.25, 0.3) is 0 Å². The van der Waals surface area contributed by atoms with E-state index in [1.54, 1.807) is 6.07 Å². The van der Waals surface area contributed by atoms with Crippen LogP contribution in [0, 0.1) is 5.92 Å². The average molecular weight is 572 g/mol. The molecule has 0 aliphatic carbocycles. The number of halogens is 4. The highest BCUT2D eigenvalue weighted by Crippen LogP contribution is 2.49. The lowest BCUT2D eigenvalue weighted by Gasteiger charge is -2.36. The molecular weight excluding hydrogens is 535 g/mol. The summed E-state index contributed by atoms with van der Waals surface area (Å²) < 4.78 is 45.7. The van der Waals surface area contributed by atoms with E-state index in [1.807, 2.05) is 29.2 Å². The first-order chi connectivity index (χ1) is 17.7. The van der Waals surface area contributed by atoms with E-state index in [0.717, 1.165) is 67.6 Å². The van der Waals surface area contributed by atoms with Gasteiger partial charge in [0.05, 0.1) is 16.9 Å². The van der Waals surface area contributed by atoms with Gasteiger partial charge in [0.1, 0.15) is 6.61 Å². The van der Waals surface area contributed by atoms with Gasteiger partial charge in [0, 0.05) is 55.5 Å². The number of carbonyl (C=O) groups excluding carboxylic acids is 1. The molecule has 0 N–H and O–H groups in total. The van der Waals surface area contributed by atoms with Gasteiger partial charge in [-0.2, -0.15) is 13.2 Å². The lowest BCUT2D eigenvalue weighted by atomic mass is 10.1. The summed E-state index contributed by atoms with van der Waals surface area (Å²) >= 11 is 1.52. The molecule has 38 heavy (non-hydrogen) atoms. The van der Waals surface area contributed by atoms with Crippen LogP contribution < -0.4 is 4.90 Å². The fourth-order valence-corrected chi connectivity index (χ4v) is 5.78. The molecule has 1 saturated heterocycles. The van der Waals surface area contributed by atoms with Crippen molar-refractivity contribution >= 4 is 41.5 Å². The first-order valence-electron chi connectivity index (χ1n) is 13.1. The van der Waals surface area contributed by atoms with Gasteiger partial charge < -0.3 is 14.5 Å². The molecule has 0 saturated carbocycles. The molecule has 2 aromatic carbocycles. The molecule has 0 unspecified atom stereocenters. The Morgan fingerprint density at radius 3 is 2.29 bits per heavy atom. The van der Waals surface area contributed by atoms with E-state index in [9.17, 15) is 18.0 Å². The number of piperazine rings is 1. The Morgan fingerprint density at radius 2 is 1.61 bits per heavy atom.